The van der Waals surface area contributed by atoms with Crippen molar-refractivity contribution < 1.29 is 19.4 Å². The number of hydrogen-bond acceptors (Lipinski definition) is 4. The number of carboxylic acids is 1. The molecule has 1 aromatic carbocycles. The number of benzene rings is 1. The molecule has 2 aromatic rings. The van der Waals surface area contributed by atoms with Gasteiger partial charge in [0.1, 0.15) is 11.4 Å². The predicted octanol–water partition coefficient (Wildman–Crippen LogP) is 1.57. The summed E-state index contributed by atoms with van der Waals surface area (Å²) in [6.07, 6.45) is 0.432. The summed E-state index contributed by atoms with van der Waals surface area (Å²) in [5.41, 5.74) is 0.809. The standard InChI is InChI=1S/C15H12N2O4/c18-14(10-5-3-4-8-16-10)17-9-13(15(19)20)21-12-7-2-1-6-11(12)17/h1-8,13H,9H2,(H,19,20). The van der Waals surface area contributed by atoms with Crippen LogP contribution in [0.2, 0.25) is 0 Å². The number of ether oxygens (including phenoxy) is 1. The van der Waals surface area contributed by atoms with E-state index < -0.39 is 12.1 Å². The predicted molar refractivity (Wildman–Crippen MR) is 74.4 cm³/mol. The Bertz CT molecular complexity index is 687. The molecule has 6 nitrogen and oxygen atoms in total. The minimum absolute atomic E-state index is 0.0538. The first-order chi connectivity index (χ1) is 10.2. The Morgan fingerprint density at radius 3 is 2.67 bits per heavy atom. The normalized spacial score (nSPS) is 16.8. The lowest BCUT2D eigenvalue weighted by Gasteiger charge is -2.32. The minimum atomic E-state index is -1.11. The monoisotopic (exact) mass is 284 g/mol. The maximum absolute atomic E-state index is 12.5. The molecule has 0 saturated carbocycles. The van der Waals surface area contributed by atoms with Crippen LogP contribution in [0.1, 0.15) is 10.5 Å². The maximum atomic E-state index is 12.5. The third-order valence-corrected chi connectivity index (χ3v) is 3.18. The highest BCUT2D eigenvalue weighted by Gasteiger charge is 2.34. The fourth-order valence-electron chi connectivity index (χ4n) is 2.18. The molecule has 0 fully saturated rings. The quantitative estimate of drug-likeness (QED) is 0.905. The molecule has 1 amide bonds. The Balaban J connectivity index is 2.00. The van der Waals surface area contributed by atoms with Gasteiger partial charge in [-0.05, 0) is 24.3 Å². The molecule has 3 rings (SSSR count). The molecule has 1 N–H and O–H groups in total. The smallest absolute Gasteiger partial charge is 0.346 e. The average Bonchev–Trinajstić information content (AvgIpc) is 2.54. The van der Waals surface area contributed by atoms with Gasteiger partial charge in [0.05, 0.1) is 12.2 Å². The molecule has 6 heteroatoms. The Morgan fingerprint density at radius 2 is 1.95 bits per heavy atom. The maximum Gasteiger partial charge on any atom is 0.346 e. The number of rotatable bonds is 2. The van der Waals surface area contributed by atoms with E-state index in [2.05, 4.69) is 4.98 Å². The van der Waals surface area contributed by atoms with E-state index >= 15 is 0 Å². The number of carbonyl (C=O) groups is 2. The van der Waals surface area contributed by atoms with Crippen molar-refractivity contribution in [1.82, 2.24) is 4.98 Å². The molecule has 0 spiro atoms. The molecule has 0 aliphatic carbocycles. The number of aliphatic carboxylic acids is 1. The van der Waals surface area contributed by atoms with Crippen molar-refractivity contribution in [2.75, 3.05) is 11.4 Å². The van der Waals surface area contributed by atoms with Gasteiger partial charge in [-0.2, -0.15) is 0 Å². The molecule has 21 heavy (non-hydrogen) atoms. The number of amides is 1. The molecular formula is C15H12N2O4. The number of pyridine rings is 1. The molecule has 0 bridgehead atoms. The molecule has 1 aliphatic rings. The van der Waals surface area contributed by atoms with E-state index in [1.54, 1.807) is 42.5 Å². The lowest BCUT2D eigenvalue weighted by atomic mass is 10.1. The van der Waals surface area contributed by atoms with Gasteiger partial charge in [0.15, 0.2) is 0 Å². The fraction of sp³-hybridized carbons (Fsp3) is 0.133. The second-order valence-electron chi connectivity index (χ2n) is 4.54. The fourth-order valence-corrected chi connectivity index (χ4v) is 2.18. The molecular weight excluding hydrogens is 272 g/mol. The average molecular weight is 284 g/mol. The summed E-state index contributed by atoms with van der Waals surface area (Å²) in [6, 6.07) is 11.9. The zero-order chi connectivity index (χ0) is 14.8. The van der Waals surface area contributed by atoms with E-state index in [9.17, 15) is 9.59 Å². The molecule has 1 unspecified atom stereocenters. The Hall–Kier alpha value is -2.89. The first-order valence-electron chi connectivity index (χ1n) is 6.38. The third kappa shape index (κ3) is 2.43. The van der Waals surface area contributed by atoms with Crippen LogP contribution < -0.4 is 9.64 Å². The van der Waals surface area contributed by atoms with Gasteiger partial charge in [-0.15, -0.1) is 0 Å². The summed E-state index contributed by atoms with van der Waals surface area (Å²) in [5, 5.41) is 9.16. The number of fused-ring (bicyclic) bond motifs is 1. The van der Waals surface area contributed by atoms with Crippen LogP contribution in [0.25, 0.3) is 0 Å². The van der Waals surface area contributed by atoms with Gasteiger partial charge in [0.25, 0.3) is 5.91 Å². The van der Waals surface area contributed by atoms with Crippen molar-refractivity contribution in [3.8, 4) is 5.75 Å². The zero-order valence-electron chi connectivity index (χ0n) is 11.0. The Labute approximate surface area is 120 Å². The van der Waals surface area contributed by atoms with Crippen molar-refractivity contribution in [1.29, 1.82) is 0 Å². The van der Waals surface area contributed by atoms with Crippen molar-refractivity contribution in [2.24, 2.45) is 0 Å². The number of carbonyl (C=O) groups excluding carboxylic acids is 1. The van der Waals surface area contributed by atoms with Gasteiger partial charge in [-0.25, -0.2) is 4.79 Å². The lowest BCUT2D eigenvalue weighted by molar-refractivity contribution is -0.144. The third-order valence-electron chi connectivity index (χ3n) is 3.18. The minimum Gasteiger partial charge on any atom is -0.478 e. The molecule has 1 atom stereocenters. The second kappa shape index (κ2) is 5.24. The van der Waals surface area contributed by atoms with Crippen LogP contribution in [0.4, 0.5) is 5.69 Å². The SMILES string of the molecule is O=C(O)C1CN(C(=O)c2ccccn2)c2ccccc2O1. The Morgan fingerprint density at radius 1 is 1.19 bits per heavy atom. The summed E-state index contributed by atoms with van der Waals surface area (Å²) in [5.74, 6) is -1.08. The molecule has 1 aliphatic heterocycles. The number of nitrogens with zero attached hydrogens (tertiary/aromatic N) is 2. The summed E-state index contributed by atoms with van der Waals surface area (Å²) in [4.78, 5) is 29.1. The van der Waals surface area contributed by atoms with E-state index in [4.69, 9.17) is 9.84 Å². The van der Waals surface area contributed by atoms with E-state index in [-0.39, 0.29) is 18.1 Å². The summed E-state index contributed by atoms with van der Waals surface area (Å²) >= 11 is 0. The lowest BCUT2D eigenvalue weighted by Crippen LogP contribution is -2.47. The van der Waals surface area contributed by atoms with Gasteiger partial charge >= 0.3 is 5.97 Å². The highest BCUT2D eigenvalue weighted by molar-refractivity contribution is 6.06. The van der Waals surface area contributed by atoms with Crippen LogP contribution in [0.3, 0.4) is 0 Å². The highest BCUT2D eigenvalue weighted by Crippen LogP contribution is 2.33. The Kier molecular flexibility index (Phi) is 3.27. The number of carboxylic acid groups (broad SMARTS) is 1. The number of aromatic nitrogens is 1. The first-order valence-corrected chi connectivity index (χ1v) is 6.38. The number of anilines is 1. The summed E-state index contributed by atoms with van der Waals surface area (Å²) in [6.45, 7) is -0.0538. The summed E-state index contributed by atoms with van der Waals surface area (Å²) in [7, 11) is 0. The van der Waals surface area contributed by atoms with Gasteiger partial charge in [-0.1, -0.05) is 18.2 Å². The molecule has 1 aromatic heterocycles. The van der Waals surface area contributed by atoms with Crippen molar-refractivity contribution in [3.63, 3.8) is 0 Å². The van der Waals surface area contributed by atoms with Crippen LogP contribution in [-0.2, 0) is 4.79 Å². The van der Waals surface area contributed by atoms with Gasteiger partial charge < -0.3 is 9.84 Å². The number of para-hydroxylation sites is 2. The first kappa shape index (κ1) is 13.1. The summed E-state index contributed by atoms with van der Waals surface area (Å²) < 4.78 is 5.40. The zero-order valence-corrected chi connectivity index (χ0v) is 11.0. The van der Waals surface area contributed by atoms with Gasteiger partial charge in [0, 0.05) is 6.20 Å². The molecule has 0 radical (unpaired) electrons. The van der Waals surface area contributed by atoms with Crippen LogP contribution >= 0.6 is 0 Å². The molecule has 106 valence electrons. The molecule has 0 saturated heterocycles. The van der Waals surface area contributed by atoms with Crippen molar-refractivity contribution in [2.45, 2.75) is 6.10 Å². The van der Waals surface area contributed by atoms with E-state index in [0.717, 1.165) is 0 Å². The van der Waals surface area contributed by atoms with E-state index in [0.29, 0.717) is 11.4 Å². The second-order valence-corrected chi connectivity index (χ2v) is 4.54. The van der Waals surface area contributed by atoms with Crippen LogP contribution in [0, 0.1) is 0 Å². The largest absolute Gasteiger partial charge is 0.478 e. The van der Waals surface area contributed by atoms with Crippen LogP contribution in [-0.4, -0.2) is 34.6 Å². The van der Waals surface area contributed by atoms with Gasteiger partial charge in [0.2, 0.25) is 6.10 Å². The number of hydrogen-bond donors (Lipinski definition) is 1. The van der Waals surface area contributed by atoms with Crippen LogP contribution in [0.5, 0.6) is 5.75 Å². The van der Waals surface area contributed by atoms with Crippen molar-refractivity contribution >= 4 is 17.6 Å². The van der Waals surface area contributed by atoms with E-state index in [1.807, 2.05) is 0 Å². The molecule has 2 heterocycles. The van der Waals surface area contributed by atoms with E-state index in [1.165, 1.54) is 11.1 Å². The topological polar surface area (TPSA) is 79.7 Å². The van der Waals surface area contributed by atoms with Crippen LogP contribution in [0.15, 0.2) is 48.7 Å². The van der Waals surface area contributed by atoms with Gasteiger partial charge in [-0.3, -0.25) is 14.7 Å². The highest BCUT2D eigenvalue weighted by atomic mass is 16.5. The van der Waals surface area contributed by atoms with Crippen molar-refractivity contribution in [3.05, 3.63) is 54.4 Å².